The number of rotatable bonds is 8. The van der Waals surface area contributed by atoms with Crippen LogP contribution in [0.25, 0.3) is 0 Å². The SMILES string of the molecule is CCOC(=O)C(N)(COCCOC)C1CC1. The standard InChI is InChI=1S/C11H21NO4/c1-3-16-10(13)11(12,9-4-5-9)8-15-7-6-14-2/h9H,3-8,12H2,1-2H3. The Morgan fingerprint density at radius 3 is 2.62 bits per heavy atom. The number of ether oxygens (including phenoxy) is 3. The van der Waals surface area contributed by atoms with Gasteiger partial charge in [-0.05, 0) is 25.7 Å². The second-order valence-electron chi connectivity index (χ2n) is 4.08. The van der Waals surface area contributed by atoms with E-state index in [0.29, 0.717) is 19.8 Å². The summed E-state index contributed by atoms with van der Waals surface area (Å²) in [6, 6.07) is 0. The Bertz CT molecular complexity index is 230. The van der Waals surface area contributed by atoms with Crippen molar-refractivity contribution in [3.05, 3.63) is 0 Å². The molecule has 16 heavy (non-hydrogen) atoms. The van der Waals surface area contributed by atoms with Gasteiger partial charge in [0, 0.05) is 7.11 Å². The van der Waals surface area contributed by atoms with Crippen LogP contribution in [0, 0.1) is 5.92 Å². The molecule has 1 saturated carbocycles. The van der Waals surface area contributed by atoms with Gasteiger partial charge in [-0.25, -0.2) is 4.79 Å². The van der Waals surface area contributed by atoms with Crippen LogP contribution in [0.3, 0.4) is 0 Å². The van der Waals surface area contributed by atoms with E-state index in [2.05, 4.69) is 0 Å². The van der Waals surface area contributed by atoms with E-state index in [9.17, 15) is 4.79 Å². The van der Waals surface area contributed by atoms with E-state index >= 15 is 0 Å². The minimum Gasteiger partial charge on any atom is -0.465 e. The summed E-state index contributed by atoms with van der Waals surface area (Å²) in [6.45, 7) is 3.28. The molecule has 0 aliphatic heterocycles. The smallest absolute Gasteiger partial charge is 0.328 e. The van der Waals surface area contributed by atoms with Crippen LogP contribution in [-0.2, 0) is 19.0 Å². The largest absolute Gasteiger partial charge is 0.465 e. The highest BCUT2D eigenvalue weighted by atomic mass is 16.5. The molecule has 1 aliphatic rings. The summed E-state index contributed by atoms with van der Waals surface area (Å²) < 4.78 is 15.2. The fraction of sp³-hybridized carbons (Fsp3) is 0.909. The average molecular weight is 231 g/mol. The third-order valence-corrected chi connectivity index (χ3v) is 2.73. The van der Waals surface area contributed by atoms with E-state index < -0.39 is 5.54 Å². The minimum atomic E-state index is -0.969. The molecule has 1 fully saturated rings. The fourth-order valence-corrected chi connectivity index (χ4v) is 1.59. The molecule has 0 spiro atoms. The molecule has 0 aromatic heterocycles. The molecule has 0 saturated heterocycles. The molecule has 0 heterocycles. The first kappa shape index (κ1) is 13.4. The first-order valence-electron chi connectivity index (χ1n) is 5.68. The highest BCUT2D eigenvalue weighted by Crippen LogP contribution is 2.39. The van der Waals surface area contributed by atoms with Crippen LogP contribution in [0.15, 0.2) is 0 Å². The number of methoxy groups -OCH3 is 1. The fourth-order valence-electron chi connectivity index (χ4n) is 1.59. The Morgan fingerprint density at radius 2 is 2.12 bits per heavy atom. The molecule has 0 radical (unpaired) electrons. The monoisotopic (exact) mass is 231 g/mol. The summed E-state index contributed by atoms with van der Waals surface area (Å²) in [4.78, 5) is 11.8. The van der Waals surface area contributed by atoms with Crippen molar-refractivity contribution in [1.82, 2.24) is 0 Å². The van der Waals surface area contributed by atoms with Gasteiger partial charge in [0.05, 0.1) is 26.4 Å². The Hall–Kier alpha value is -0.650. The van der Waals surface area contributed by atoms with Gasteiger partial charge in [-0.3, -0.25) is 0 Å². The molecule has 94 valence electrons. The molecule has 0 aromatic rings. The maximum Gasteiger partial charge on any atom is 0.328 e. The third-order valence-electron chi connectivity index (χ3n) is 2.73. The van der Waals surface area contributed by atoms with Gasteiger partial charge < -0.3 is 19.9 Å². The molecule has 0 aromatic carbocycles. The Balaban J connectivity index is 2.41. The van der Waals surface area contributed by atoms with Gasteiger partial charge >= 0.3 is 5.97 Å². The van der Waals surface area contributed by atoms with Gasteiger partial charge in [0.2, 0.25) is 0 Å². The average Bonchev–Trinajstić information content (AvgIpc) is 3.08. The van der Waals surface area contributed by atoms with Gasteiger partial charge in [0.1, 0.15) is 5.54 Å². The van der Waals surface area contributed by atoms with Crippen LogP contribution in [0.2, 0.25) is 0 Å². The van der Waals surface area contributed by atoms with Crippen LogP contribution < -0.4 is 5.73 Å². The molecule has 0 bridgehead atoms. The predicted octanol–water partition coefficient (Wildman–Crippen LogP) is 0.320. The van der Waals surface area contributed by atoms with Crippen molar-refractivity contribution >= 4 is 5.97 Å². The first-order valence-corrected chi connectivity index (χ1v) is 5.68. The van der Waals surface area contributed by atoms with Crippen LogP contribution in [0.1, 0.15) is 19.8 Å². The van der Waals surface area contributed by atoms with Crippen molar-refractivity contribution in [2.75, 3.05) is 33.5 Å². The molecule has 1 atom stereocenters. The number of carbonyl (C=O) groups is 1. The van der Waals surface area contributed by atoms with E-state index in [1.54, 1.807) is 14.0 Å². The summed E-state index contributed by atoms with van der Waals surface area (Å²) in [5.74, 6) is -0.149. The number of nitrogens with two attached hydrogens (primary N) is 1. The maximum absolute atomic E-state index is 11.8. The zero-order chi connectivity index (χ0) is 12.0. The van der Waals surface area contributed by atoms with Crippen molar-refractivity contribution in [3.8, 4) is 0 Å². The molecule has 1 aliphatic carbocycles. The maximum atomic E-state index is 11.8. The molecular formula is C11H21NO4. The van der Waals surface area contributed by atoms with Crippen molar-refractivity contribution in [3.63, 3.8) is 0 Å². The molecule has 2 N–H and O–H groups in total. The van der Waals surface area contributed by atoms with Gasteiger partial charge in [0.15, 0.2) is 0 Å². The van der Waals surface area contributed by atoms with Crippen LogP contribution in [0.5, 0.6) is 0 Å². The van der Waals surface area contributed by atoms with Crippen LogP contribution in [-0.4, -0.2) is 45.0 Å². The quantitative estimate of drug-likeness (QED) is 0.481. The summed E-state index contributed by atoms with van der Waals surface area (Å²) in [5, 5.41) is 0. The number of esters is 1. The van der Waals surface area contributed by atoms with Crippen molar-refractivity contribution < 1.29 is 19.0 Å². The van der Waals surface area contributed by atoms with Crippen LogP contribution in [0.4, 0.5) is 0 Å². The molecule has 5 heteroatoms. The highest BCUT2D eigenvalue weighted by Gasteiger charge is 2.49. The molecule has 5 nitrogen and oxygen atoms in total. The minimum absolute atomic E-state index is 0.203. The summed E-state index contributed by atoms with van der Waals surface area (Å²) in [5.41, 5.74) is 5.11. The zero-order valence-electron chi connectivity index (χ0n) is 10.0. The lowest BCUT2D eigenvalue weighted by Crippen LogP contribution is -2.55. The number of hydrogen-bond donors (Lipinski definition) is 1. The van der Waals surface area contributed by atoms with E-state index in [1.807, 2.05) is 0 Å². The molecule has 0 amide bonds. The van der Waals surface area contributed by atoms with Gasteiger partial charge in [-0.15, -0.1) is 0 Å². The lowest BCUT2D eigenvalue weighted by molar-refractivity contribution is -0.153. The predicted molar refractivity (Wildman–Crippen MR) is 59.0 cm³/mol. The normalized spacial score (nSPS) is 19.2. The van der Waals surface area contributed by atoms with Crippen LogP contribution >= 0.6 is 0 Å². The molecule has 1 rings (SSSR count). The highest BCUT2D eigenvalue weighted by molar-refractivity contribution is 5.81. The second-order valence-corrected chi connectivity index (χ2v) is 4.08. The Morgan fingerprint density at radius 1 is 1.44 bits per heavy atom. The summed E-state index contributed by atoms with van der Waals surface area (Å²) >= 11 is 0. The lowest BCUT2D eigenvalue weighted by Gasteiger charge is -2.26. The second kappa shape index (κ2) is 6.18. The van der Waals surface area contributed by atoms with E-state index in [0.717, 1.165) is 12.8 Å². The van der Waals surface area contributed by atoms with Crippen molar-refractivity contribution in [2.45, 2.75) is 25.3 Å². The topological polar surface area (TPSA) is 70.8 Å². The summed E-state index contributed by atoms with van der Waals surface area (Å²) in [6.07, 6.45) is 1.95. The van der Waals surface area contributed by atoms with Gasteiger partial charge in [-0.2, -0.15) is 0 Å². The van der Waals surface area contributed by atoms with E-state index in [-0.39, 0.29) is 18.5 Å². The Labute approximate surface area is 96.2 Å². The van der Waals surface area contributed by atoms with E-state index in [4.69, 9.17) is 19.9 Å². The number of carbonyl (C=O) groups excluding carboxylic acids is 1. The molecular weight excluding hydrogens is 210 g/mol. The summed E-state index contributed by atoms with van der Waals surface area (Å²) in [7, 11) is 1.60. The number of hydrogen-bond acceptors (Lipinski definition) is 5. The zero-order valence-corrected chi connectivity index (χ0v) is 10.0. The van der Waals surface area contributed by atoms with Gasteiger partial charge in [0.25, 0.3) is 0 Å². The van der Waals surface area contributed by atoms with Crippen molar-refractivity contribution in [1.29, 1.82) is 0 Å². The first-order chi connectivity index (χ1) is 7.65. The van der Waals surface area contributed by atoms with E-state index in [1.165, 1.54) is 0 Å². The lowest BCUT2D eigenvalue weighted by atomic mass is 9.96. The van der Waals surface area contributed by atoms with Gasteiger partial charge in [-0.1, -0.05) is 0 Å². The van der Waals surface area contributed by atoms with Crippen molar-refractivity contribution in [2.24, 2.45) is 11.7 Å². The third kappa shape index (κ3) is 3.43. The Kier molecular flexibility index (Phi) is 5.18. The molecule has 1 unspecified atom stereocenters.